The van der Waals surface area contributed by atoms with E-state index in [4.69, 9.17) is 10.7 Å². The molecule has 2 N–H and O–H groups in total. The zero-order valence-electron chi connectivity index (χ0n) is 11.3. The summed E-state index contributed by atoms with van der Waals surface area (Å²) < 4.78 is 13.2. The molecule has 1 aromatic carbocycles. The van der Waals surface area contributed by atoms with Crippen LogP contribution in [0.4, 0.5) is 4.39 Å². The summed E-state index contributed by atoms with van der Waals surface area (Å²) in [7, 11) is 0. The van der Waals surface area contributed by atoms with Crippen LogP contribution < -0.4 is 5.73 Å². The molecule has 1 aromatic heterocycles. The molecular weight excluding hydrogens is 259 g/mol. The fourth-order valence-corrected chi connectivity index (χ4v) is 3.67. The maximum atomic E-state index is 13.2. The molecular formula is C15H17FN2S. The van der Waals surface area contributed by atoms with Crippen molar-refractivity contribution in [2.24, 2.45) is 11.1 Å². The molecule has 1 atom stereocenters. The molecule has 2 aromatic rings. The maximum Gasteiger partial charge on any atom is 0.123 e. The van der Waals surface area contributed by atoms with Crippen LogP contribution in [0, 0.1) is 11.2 Å². The molecule has 1 aliphatic carbocycles. The molecule has 0 aliphatic heterocycles. The molecule has 0 fully saturated rings. The van der Waals surface area contributed by atoms with Crippen molar-refractivity contribution in [3.63, 3.8) is 0 Å². The molecule has 4 heteroatoms. The Bertz CT molecular complexity index is 640. The SMILES string of the molecule is CC(C)(C)C(N)c1nc2c(s1)Cc1cc(F)ccc1-2. The van der Waals surface area contributed by atoms with Gasteiger partial charge in [0.2, 0.25) is 0 Å². The number of rotatable bonds is 1. The standard InChI is InChI=1S/C15H17FN2S/c1-15(2,3)13(17)14-18-12-10-5-4-9(16)6-8(10)7-11(12)19-14/h4-6,13H,7,17H2,1-3H3. The van der Waals surface area contributed by atoms with Crippen LogP contribution in [-0.4, -0.2) is 4.98 Å². The fourth-order valence-electron chi connectivity index (χ4n) is 2.32. The lowest BCUT2D eigenvalue weighted by molar-refractivity contribution is 0.326. The van der Waals surface area contributed by atoms with Gasteiger partial charge in [-0.2, -0.15) is 0 Å². The quantitative estimate of drug-likeness (QED) is 0.732. The van der Waals surface area contributed by atoms with E-state index in [0.29, 0.717) is 0 Å². The van der Waals surface area contributed by atoms with Crippen molar-refractivity contribution in [2.45, 2.75) is 33.2 Å². The van der Waals surface area contributed by atoms with Crippen molar-refractivity contribution in [1.29, 1.82) is 0 Å². The lowest BCUT2D eigenvalue weighted by Gasteiger charge is -2.24. The van der Waals surface area contributed by atoms with Gasteiger partial charge in [-0.1, -0.05) is 20.8 Å². The molecule has 0 saturated carbocycles. The maximum absolute atomic E-state index is 13.2. The Kier molecular flexibility index (Phi) is 2.76. The minimum atomic E-state index is -0.180. The molecule has 1 unspecified atom stereocenters. The highest BCUT2D eigenvalue weighted by Gasteiger charge is 2.29. The summed E-state index contributed by atoms with van der Waals surface area (Å²) in [5.74, 6) is -0.180. The van der Waals surface area contributed by atoms with Gasteiger partial charge in [-0.15, -0.1) is 11.3 Å². The summed E-state index contributed by atoms with van der Waals surface area (Å²) in [5.41, 5.74) is 9.35. The molecule has 0 spiro atoms. The number of hydrogen-bond donors (Lipinski definition) is 1. The molecule has 19 heavy (non-hydrogen) atoms. The molecule has 1 heterocycles. The predicted molar refractivity (Wildman–Crippen MR) is 76.7 cm³/mol. The molecule has 2 nitrogen and oxygen atoms in total. The van der Waals surface area contributed by atoms with Crippen molar-refractivity contribution >= 4 is 11.3 Å². The third kappa shape index (κ3) is 2.09. The van der Waals surface area contributed by atoms with Gasteiger partial charge in [0.05, 0.1) is 11.7 Å². The lowest BCUT2D eigenvalue weighted by atomic mass is 9.88. The minimum absolute atomic E-state index is 0.00276. The zero-order valence-corrected chi connectivity index (χ0v) is 12.1. The van der Waals surface area contributed by atoms with Crippen molar-refractivity contribution in [3.8, 4) is 11.3 Å². The van der Waals surface area contributed by atoms with Crippen LogP contribution in [0.2, 0.25) is 0 Å². The lowest BCUT2D eigenvalue weighted by Crippen LogP contribution is -2.26. The molecule has 100 valence electrons. The van der Waals surface area contributed by atoms with Gasteiger partial charge in [-0.25, -0.2) is 9.37 Å². The normalized spacial score (nSPS) is 15.2. The van der Waals surface area contributed by atoms with E-state index in [-0.39, 0.29) is 17.3 Å². The van der Waals surface area contributed by atoms with Crippen molar-refractivity contribution in [1.82, 2.24) is 4.98 Å². The predicted octanol–water partition coefficient (Wildman–Crippen LogP) is 3.90. The summed E-state index contributed by atoms with van der Waals surface area (Å²) in [6.07, 6.45) is 0.775. The Morgan fingerprint density at radius 1 is 1.37 bits per heavy atom. The second-order valence-corrected chi connectivity index (χ2v) is 7.26. The van der Waals surface area contributed by atoms with E-state index in [1.54, 1.807) is 17.4 Å². The molecule has 3 rings (SSSR count). The Balaban J connectivity index is 2.02. The van der Waals surface area contributed by atoms with Crippen molar-refractivity contribution in [3.05, 3.63) is 39.5 Å². The summed E-state index contributed by atoms with van der Waals surface area (Å²) in [5, 5.41) is 0.979. The van der Waals surface area contributed by atoms with E-state index in [2.05, 4.69) is 20.8 Å². The molecule has 0 radical (unpaired) electrons. The van der Waals surface area contributed by atoms with Gasteiger partial charge < -0.3 is 5.73 Å². The van der Waals surface area contributed by atoms with E-state index in [9.17, 15) is 4.39 Å². The first-order valence-corrected chi connectivity index (χ1v) is 7.22. The first-order chi connectivity index (χ1) is 8.86. The second-order valence-electron chi connectivity index (χ2n) is 6.15. The smallest absolute Gasteiger partial charge is 0.123 e. The molecule has 1 aliphatic rings. The van der Waals surface area contributed by atoms with E-state index in [0.717, 1.165) is 28.2 Å². The number of hydrogen-bond acceptors (Lipinski definition) is 3. The molecule has 0 amide bonds. The first-order valence-electron chi connectivity index (χ1n) is 6.40. The highest BCUT2D eigenvalue weighted by molar-refractivity contribution is 7.12. The number of halogens is 1. The largest absolute Gasteiger partial charge is 0.322 e. The Labute approximate surface area is 116 Å². The van der Waals surface area contributed by atoms with Crippen LogP contribution in [0.15, 0.2) is 18.2 Å². The van der Waals surface area contributed by atoms with Crippen LogP contribution in [0.1, 0.15) is 42.3 Å². The van der Waals surface area contributed by atoms with Crippen LogP contribution >= 0.6 is 11.3 Å². The van der Waals surface area contributed by atoms with Crippen LogP contribution in [-0.2, 0) is 6.42 Å². The third-order valence-corrected chi connectivity index (χ3v) is 4.72. The van der Waals surface area contributed by atoms with Crippen LogP contribution in [0.3, 0.4) is 0 Å². The highest BCUT2D eigenvalue weighted by Crippen LogP contribution is 2.43. The average Bonchev–Trinajstić information content (AvgIpc) is 2.82. The summed E-state index contributed by atoms with van der Waals surface area (Å²) in [6, 6.07) is 4.86. The topological polar surface area (TPSA) is 38.9 Å². The van der Waals surface area contributed by atoms with Crippen LogP contribution in [0.25, 0.3) is 11.3 Å². The number of aromatic nitrogens is 1. The summed E-state index contributed by atoms with van der Waals surface area (Å²) in [4.78, 5) is 5.90. The third-order valence-electron chi connectivity index (χ3n) is 3.59. The highest BCUT2D eigenvalue weighted by atomic mass is 32.1. The number of nitrogens with two attached hydrogens (primary N) is 1. The summed E-state index contributed by atoms with van der Waals surface area (Å²) >= 11 is 1.66. The first kappa shape index (κ1) is 12.8. The van der Waals surface area contributed by atoms with Gasteiger partial charge in [0, 0.05) is 16.9 Å². The second kappa shape index (κ2) is 4.12. The van der Waals surface area contributed by atoms with Crippen molar-refractivity contribution < 1.29 is 4.39 Å². The van der Waals surface area contributed by atoms with E-state index >= 15 is 0 Å². The number of fused-ring (bicyclic) bond motifs is 3. The monoisotopic (exact) mass is 276 g/mol. The van der Waals surface area contributed by atoms with Crippen LogP contribution in [0.5, 0.6) is 0 Å². The Morgan fingerprint density at radius 3 is 2.79 bits per heavy atom. The van der Waals surface area contributed by atoms with Gasteiger partial charge in [0.15, 0.2) is 0 Å². The minimum Gasteiger partial charge on any atom is -0.322 e. The Morgan fingerprint density at radius 2 is 2.11 bits per heavy atom. The number of benzene rings is 1. The summed E-state index contributed by atoms with van der Waals surface area (Å²) in [6.45, 7) is 6.36. The fraction of sp³-hybridized carbons (Fsp3) is 0.400. The molecule has 0 bridgehead atoms. The number of nitrogens with zero attached hydrogens (tertiary/aromatic N) is 1. The van der Waals surface area contributed by atoms with Gasteiger partial charge in [0.1, 0.15) is 10.8 Å². The van der Waals surface area contributed by atoms with E-state index in [1.807, 2.05) is 6.07 Å². The van der Waals surface area contributed by atoms with E-state index < -0.39 is 0 Å². The van der Waals surface area contributed by atoms with Gasteiger partial charge >= 0.3 is 0 Å². The van der Waals surface area contributed by atoms with Crippen molar-refractivity contribution in [2.75, 3.05) is 0 Å². The van der Waals surface area contributed by atoms with E-state index in [1.165, 1.54) is 10.9 Å². The van der Waals surface area contributed by atoms with Gasteiger partial charge in [0.25, 0.3) is 0 Å². The van der Waals surface area contributed by atoms with Gasteiger partial charge in [-0.05, 0) is 29.2 Å². The Hall–Kier alpha value is -1.26. The molecule has 0 saturated heterocycles. The zero-order chi connectivity index (χ0) is 13.8. The average molecular weight is 276 g/mol. The number of thiazole rings is 1. The van der Waals surface area contributed by atoms with Gasteiger partial charge in [-0.3, -0.25) is 0 Å².